The zero-order chi connectivity index (χ0) is 18.4. The molecule has 6 heteroatoms. The van der Waals surface area contributed by atoms with Crippen LogP contribution >= 0.6 is 0 Å². The van der Waals surface area contributed by atoms with E-state index in [1.165, 1.54) is 6.21 Å². The number of benzene rings is 3. The van der Waals surface area contributed by atoms with Crippen molar-refractivity contribution < 1.29 is 19.4 Å². The second-order valence-electron chi connectivity index (χ2n) is 5.48. The number of nitrogens with one attached hydrogen (secondary N) is 1. The zero-order valence-corrected chi connectivity index (χ0v) is 14.2. The molecule has 0 saturated heterocycles. The van der Waals surface area contributed by atoms with Crippen LogP contribution in [0.4, 0.5) is 0 Å². The fourth-order valence-electron chi connectivity index (χ4n) is 2.44. The summed E-state index contributed by atoms with van der Waals surface area (Å²) >= 11 is 0. The molecule has 0 radical (unpaired) electrons. The van der Waals surface area contributed by atoms with E-state index in [4.69, 9.17) is 9.47 Å². The number of carbonyl (C=O) groups is 1. The van der Waals surface area contributed by atoms with Gasteiger partial charge < -0.3 is 14.6 Å². The highest BCUT2D eigenvalue weighted by Crippen LogP contribution is 2.25. The first kappa shape index (κ1) is 17.3. The number of nitrogens with zero attached hydrogens (tertiary/aromatic N) is 1. The summed E-state index contributed by atoms with van der Waals surface area (Å²) in [7, 11) is 1.58. The number of ether oxygens (including phenoxy) is 2. The van der Waals surface area contributed by atoms with E-state index in [1.807, 2.05) is 30.3 Å². The molecule has 3 rings (SSSR count). The first-order valence-electron chi connectivity index (χ1n) is 7.97. The number of hydrazone groups is 1. The van der Waals surface area contributed by atoms with E-state index in [1.54, 1.807) is 37.4 Å². The Hall–Kier alpha value is -3.54. The average Bonchev–Trinajstić information content (AvgIpc) is 2.68. The Balaban J connectivity index is 1.60. The Morgan fingerprint density at radius 3 is 2.58 bits per heavy atom. The third-order valence-electron chi connectivity index (χ3n) is 3.76. The summed E-state index contributed by atoms with van der Waals surface area (Å²) in [6.45, 7) is -0.175. The first-order valence-corrected chi connectivity index (χ1v) is 7.97. The van der Waals surface area contributed by atoms with Crippen molar-refractivity contribution >= 4 is 22.9 Å². The fourth-order valence-corrected chi connectivity index (χ4v) is 2.44. The SMILES string of the molecule is COc1ccc(OCC(=O)N/N=C\c2c(O)ccc3ccccc23)cc1. The molecule has 26 heavy (non-hydrogen) atoms. The number of amides is 1. The van der Waals surface area contributed by atoms with Gasteiger partial charge in [0.05, 0.1) is 13.3 Å². The largest absolute Gasteiger partial charge is 0.507 e. The average molecular weight is 350 g/mol. The molecule has 132 valence electrons. The number of aromatic hydroxyl groups is 1. The maximum Gasteiger partial charge on any atom is 0.277 e. The minimum absolute atomic E-state index is 0.0937. The number of methoxy groups -OCH3 is 1. The lowest BCUT2D eigenvalue weighted by molar-refractivity contribution is -0.123. The number of fused-ring (bicyclic) bond motifs is 1. The number of phenols is 1. The van der Waals surface area contributed by atoms with E-state index < -0.39 is 5.91 Å². The Kier molecular flexibility index (Phi) is 5.34. The van der Waals surface area contributed by atoms with E-state index in [9.17, 15) is 9.90 Å². The first-order chi connectivity index (χ1) is 12.7. The normalized spacial score (nSPS) is 10.8. The summed E-state index contributed by atoms with van der Waals surface area (Å²) in [5.41, 5.74) is 2.93. The van der Waals surface area contributed by atoms with Crippen LogP contribution in [0, 0.1) is 0 Å². The topological polar surface area (TPSA) is 80.2 Å². The molecule has 0 fully saturated rings. The molecule has 0 bridgehead atoms. The van der Waals surface area contributed by atoms with Crippen molar-refractivity contribution in [3.63, 3.8) is 0 Å². The van der Waals surface area contributed by atoms with Crippen LogP contribution in [0.3, 0.4) is 0 Å². The van der Waals surface area contributed by atoms with Crippen LogP contribution in [0.15, 0.2) is 65.8 Å². The van der Waals surface area contributed by atoms with Gasteiger partial charge in [-0.15, -0.1) is 0 Å². The third kappa shape index (κ3) is 4.10. The Labute approximate surface area is 150 Å². The summed E-state index contributed by atoms with van der Waals surface area (Å²) in [5.74, 6) is 0.950. The van der Waals surface area contributed by atoms with Crippen molar-refractivity contribution in [2.24, 2.45) is 5.10 Å². The van der Waals surface area contributed by atoms with Crippen LogP contribution in [0.2, 0.25) is 0 Å². The Morgan fingerprint density at radius 2 is 1.81 bits per heavy atom. The fraction of sp³-hybridized carbons (Fsp3) is 0.100. The zero-order valence-electron chi connectivity index (χ0n) is 14.2. The van der Waals surface area contributed by atoms with E-state index in [2.05, 4.69) is 10.5 Å². The molecule has 1 amide bonds. The monoisotopic (exact) mass is 350 g/mol. The van der Waals surface area contributed by atoms with Gasteiger partial charge in [-0.2, -0.15) is 5.10 Å². The summed E-state index contributed by atoms with van der Waals surface area (Å²) in [5, 5.41) is 15.8. The minimum Gasteiger partial charge on any atom is -0.507 e. The van der Waals surface area contributed by atoms with Gasteiger partial charge >= 0.3 is 0 Å². The minimum atomic E-state index is -0.406. The van der Waals surface area contributed by atoms with Gasteiger partial charge in [0, 0.05) is 5.56 Å². The molecule has 0 heterocycles. The molecule has 3 aromatic rings. The molecule has 6 nitrogen and oxygen atoms in total. The van der Waals surface area contributed by atoms with Crippen LogP contribution in [0.25, 0.3) is 10.8 Å². The van der Waals surface area contributed by atoms with Crippen LogP contribution in [-0.4, -0.2) is 30.9 Å². The Morgan fingerprint density at radius 1 is 1.08 bits per heavy atom. The van der Waals surface area contributed by atoms with Crippen LogP contribution in [-0.2, 0) is 4.79 Å². The second-order valence-corrected chi connectivity index (χ2v) is 5.48. The number of hydrogen-bond acceptors (Lipinski definition) is 5. The van der Waals surface area contributed by atoms with Gasteiger partial charge in [-0.1, -0.05) is 30.3 Å². The molecule has 3 aromatic carbocycles. The van der Waals surface area contributed by atoms with E-state index >= 15 is 0 Å². The summed E-state index contributed by atoms with van der Waals surface area (Å²) in [6.07, 6.45) is 1.42. The maximum absolute atomic E-state index is 11.8. The van der Waals surface area contributed by atoms with Crippen molar-refractivity contribution in [2.75, 3.05) is 13.7 Å². The summed E-state index contributed by atoms with van der Waals surface area (Å²) < 4.78 is 10.4. The number of rotatable bonds is 6. The smallest absolute Gasteiger partial charge is 0.277 e. The molecular formula is C20H18N2O4. The van der Waals surface area contributed by atoms with Crippen molar-refractivity contribution in [1.29, 1.82) is 0 Å². The number of carbonyl (C=O) groups excluding carboxylic acids is 1. The van der Waals surface area contributed by atoms with E-state index in [0.717, 1.165) is 10.8 Å². The molecule has 0 aromatic heterocycles. The summed E-state index contributed by atoms with van der Waals surface area (Å²) in [6, 6.07) is 17.9. The lowest BCUT2D eigenvalue weighted by atomic mass is 10.0. The van der Waals surface area contributed by atoms with Crippen molar-refractivity contribution in [1.82, 2.24) is 5.43 Å². The molecule has 0 atom stereocenters. The lowest BCUT2D eigenvalue weighted by Crippen LogP contribution is -2.24. The number of phenolic OH excluding ortho intramolecular Hbond substituents is 1. The molecule has 0 saturated carbocycles. The molecule has 0 aliphatic carbocycles. The van der Waals surface area contributed by atoms with Crippen molar-refractivity contribution in [3.05, 3.63) is 66.2 Å². The van der Waals surface area contributed by atoms with Gasteiger partial charge in [0.15, 0.2) is 6.61 Å². The molecular weight excluding hydrogens is 332 g/mol. The van der Waals surface area contributed by atoms with Crippen LogP contribution in [0.1, 0.15) is 5.56 Å². The lowest BCUT2D eigenvalue weighted by Gasteiger charge is -2.06. The molecule has 0 spiro atoms. The van der Waals surface area contributed by atoms with Gasteiger partial charge in [-0.05, 0) is 41.1 Å². The maximum atomic E-state index is 11.8. The third-order valence-corrected chi connectivity index (χ3v) is 3.76. The molecule has 0 unspecified atom stereocenters. The predicted molar refractivity (Wildman–Crippen MR) is 99.8 cm³/mol. The van der Waals surface area contributed by atoms with Gasteiger partial charge in [0.1, 0.15) is 17.2 Å². The summed E-state index contributed by atoms with van der Waals surface area (Å²) in [4.78, 5) is 11.8. The second kappa shape index (κ2) is 8.02. The van der Waals surface area contributed by atoms with Gasteiger partial charge in [0.25, 0.3) is 5.91 Å². The molecule has 0 aliphatic heterocycles. The highest BCUT2D eigenvalue weighted by Gasteiger charge is 2.05. The highest BCUT2D eigenvalue weighted by atomic mass is 16.5. The van der Waals surface area contributed by atoms with Gasteiger partial charge in [-0.3, -0.25) is 4.79 Å². The van der Waals surface area contributed by atoms with Crippen LogP contribution < -0.4 is 14.9 Å². The van der Waals surface area contributed by atoms with Crippen molar-refractivity contribution in [2.45, 2.75) is 0 Å². The van der Waals surface area contributed by atoms with E-state index in [0.29, 0.717) is 17.1 Å². The quantitative estimate of drug-likeness (QED) is 0.529. The predicted octanol–water partition coefficient (Wildman–Crippen LogP) is 3.08. The van der Waals surface area contributed by atoms with E-state index in [-0.39, 0.29) is 12.4 Å². The standard InChI is InChI=1S/C20H18N2O4/c1-25-15-7-9-16(10-8-15)26-13-20(24)22-21-12-18-17-5-3-2-4-14(17)6-11-19(18)23/h2-12,23H,13H2,1H3,(H,22,24)/b21-12-. The van der Waals surface area contributed by atoms with Crippen molar-refractivity contribution in [3.8, 4) is 17.2 Å². The van der Waals surface area contributed by atoms with Gasteiger partial charge in [0.2, 0.25) is 0 Å². The Bertz CT molecular complexity index is 936. The highest BCUT2D eigenvalue weighted by molar-refractivity contribution is 6.02. The van der Waals surface area contributed by atoms with Crippen LogP contribution in [0.5, 0.6) is 17.2 Å². The molecule has 2 N–H and O–H groups in total. The van der Waals surface area contributed by atoms with Gasteiger partial charge in [-0.25, -0.2) is 5.43 Å². The number of hydrogen-bond donors (Lipinski definition) is 2. The molecule has 0 aliphatic rings.